The number of anilines is 2. The third kappa shape index (κ3) is 4.01. The lowest BCUT2D eigenvalue weighted by atomic mass is 10.2. The molecule has 2 aromatic heterocycles. The van der Waals surface area contributed by atoms with Crippen molar-refractivity contribution in [1.82, 2.24) is 15.1 Å². The second kappa shape index (κ2) is 6.34. The molecule has 2 heterocycles. The Morgan fingerprint density at radius 1 is 1.29 bits per heavy atom. The topological polar surface area (TPSA) is 92.9 Å². The molecule has 21 heavy (non-hydrogen) atoms. The maximum Gasteiger partial charge on any atom is 0.275 e. The van der Waals surface area contributed by atoms with Gasteiger partial charge in [-0.2, -0.15) is 0 Å². The van der Waals surface area contributed by atoms with E-state index in [2.05, 4.69) is 39.6 Å². The van der Waals surface area contributed by atoms with E-state index in [0.717, 1.165) is 6.42 Å². The Morgan fingerprint density at radius 2 is 2.05 bits per heavy atom. The van der Waals surface area contributed by atoms with Gasteiger partial charge in [-0.1, -0.05) is 12.1 Å². The minimum atomic E-state index is -0.346. The van der Waals surface area contributed by atoms with E-state index >= 15 is 0 Å². The van der Waals surface area contributed by atoms with Gasteiger partial charge in [0.25, 0.3) is 5.91 Å². The van der Waals surface area contributed by atoms with Gasteiger partial charge in [0.1, 0.15) is 23.1 Å². The number of aromatic nitrogens is 3. The number of aryl methyl sites for hydroxylation is 2. The Labute approximate surface area is 123 Å². The van der Waals surface area contributed by atoms with Gasteiger partial charge in [0.2, 0.25) is 0 Å². The fourth-order valence-corrected chi connectivity index (χ4v) is 1.72. The van der Waals surface area contributed by atoms with Gasteiger partial charge in [-0.3, -0.25) is 4.79 Å². The largest absolute Gasteiger partial charge is 0.368 e. The van der Waals surface area contributed by atoms with Gasteiger partial charge in [0.15, 0.2) is 5.82 Å². The number of rotatable bonds is 5. The molecule has 0 saturated heterocycles. The molecule has 0 aliphatic rings. The number of carbonyl (C=O) groups excluding carboxylic acids is 1. The van der Waals surface area contributed by atoms with Crippen LogP contribution < -0.4 is 10.6 Å². The summed E-state index contributed by atoms with van der Waals surface area (Å²) in [6, 6.07) is 3.54. The van der Waals surface area contributed by atoms with E-state index in [1.165, 1.54) is 0 Å². The highest BCUT2D eigenvalue weighted by atomic mass is 16.5. The van der Waals surface area contributed by atoms with Crippen LogP contribution in [0.2, 0.25) is 0 Å². The molecule has 1 amide bonds. The summed E-state index contributed by atoms with van der Waals surface area (Å²) in [7, 11) is 0. The first-order valence-corrected chi connectivity index (χ1v) is 6.84. The standard InChI is InChI=1S/C14H19N5O2/c1-5-8(2)15-12-7-11(16-10(4)17-12)14(20)18-13-6-9(3)21-19-13/h6-8H,5H2,1-4H3,(H,15,16,17)(H,18,19,20). The first-order chi connectivity index (χ1) is 9.97. The zero-order valence-corrected chi connectivity index (χ0v) is 12.6. The fourth-order valence-electron chi connectivity index (χ4n) is 1.72. The molecule has 0 bridgehead atoms. The first kappa shape index (κ1) is 15.0. The fraction of sp³-hybridized carbons (Fsp3) is 0.429. The monoisotopic (exact) mass is 289 g/mol. The molecule has 0 saturated carbocycles. The average Bonchev–Trinajstić information content (AvgIpc) is 2.83. The second-order valence-corrected chi connectivity index (χ2v) is 4.92. The maximum absolute atomic E-state index is 12.2. The summed E-state index contributed by atoms with van der Waals surface area (Å²) in [5.41, 5.74) is 0.286. The molecule has 1 atom stereocenters. The summed E-state index contributed by atoms with van der Waals surface area (Å²) < 4.78 is 4.91. The van der Waals surface area contributed by atoms with Crippen LogP contribution in [0.4, 0.5) is 11.6 Å². The number of carbonyl (C=O) groups is 1. The highest BCUT2D eigenvalue weighted by Crippen LogP contribution is 2.12. The number of hydrogen-bond donors (Lipinski definition) is 2. The van der Waals surface area contributed by atoms with Gasteiger partial charge in [0.05, 0.1) is 0 Å². The third-order valence-corrected chi connectivity index (χ3v) is 2.95. The van der Waals surface area contributed by atoms with Crippen molar-refractivity contribution in [2.45, 2.75) is 40.2 Å². The highest BCUT2D eigenvalue weighted by molar-refractivity contribution is 6.02. The zero-order chi connectivity index (χ0) is 15.4. The molecule has 0 spiro atoms. The molecule has 0 aliphatic carbocycles. The van der Waals surface area contributed by atoms with Gasteiger partial charge >= 0.3 is 0 Å². The second-order valence-electron chi connectivity index (χ2n) is 4.92. The van der Waals surface area contributed by atoms with Crippen molar-refractivity contribution < 1.29 is 9.32 Å². The van der Waals surface area contributed by atoms with Gasteiger partial charge in [-0.15, -0.1) is 0 Å². The third-order valence-electron chi connectivity index (χ3n) is 2.95. The van der Waals surface area contributed by atoms with Gasteiger partial charge in [-0.25, -0.2) is 9.97 Å². The Kier molecular flexibility index (Phi) is 4.52. The minimum Gasteiger partial charge on any atom is -0.368 e. The lowest BCUT2D eigenvalue weighted by molar-refractivity contribution is 0.102. The maximum atomic E-state index is 12.2. The summed E-state index contributed by atoms with van der Waals surface area (Å²) in [5, 5.41) is 9.59. The number of nitrogens with zero attached hydrogens (tertiary/aromatic N) is 3. The molecule has 0 fully saturated rings. The predicted octanol–water partition coefficient (Wildman–Crippen LogP) is 2.54. The smallest absolute Gasteiger partial charge is 0.275 e. The molecule has 7 nitrogen and oxygen atoms in total. The molecule has 1 unspecified atom stereocenters. The molecular weight excluding hydrogens is 270 g/mol. The van der Waals surface area contributed by atoms with Gasteiger partial charge < -0.3 is 15.2 Å². The van der Waals surface area contributed by atoms with E-state index in [-0.39, 0.29) is 17.6 Å². The highest BCUT2D eigenvalue weighted by Gasteiger charge is 2.13. The van der Waals surface area contributed by atoms with Crippen LogP contribution in [-0.2, 0) is 0 Å². The summed E-state index contributed by atoms with van der Waals surface area (Å²) in [5.74, 6) is 1.82. The van der Waals surface area contributed by atoms with Crippen molar-refractivity contribution in [2.24, 2.45) is 0 Å². The lowest BCUT2D eigenvalue weighted by Gasteiger charge is -2.13. The Bertz CT molecular complexity index is 638. The van der Waals surface area contributed by atoms with Crippen molar-refractivity contribution in [3.63, 3.8) is 0 Å². The molecule has 2 N–H and O–H groups in total. The normalized spacial score (nSPS) is 12.0. The molecule has 7 heteroatoms. The van der Waals surface area contributed by atoms with E-state index in [9.17, 15) is 4.79 Å². The van der Waals surface area contributed by atoms with Gasteiger partial charge in [0, 0.05) is 18.2 Å². The Balaban J connectivity index is 2.16. The molecule has 2 aromatic rings. The summed E-state index contributed by atoms with van der Waals surface area (Å²) in [6.07, 6.45) is 0.961. The van der Waals surface area contributed by atoms with E-state index in [0.29, 0.717) is 23.2 Å². The molecule has 0 aliphatic heterocycles. The molecule has 0 radical (unpaired) electrons. The van der Waals surface area contributed by atoms with E-state index in [1.807, 2.05) is 0 Å². The van der Waals surface area contributed by atoms with Gasteiger partial charge in [-0.05, 0) is 27.2 Å². The van der Waals surface area contributed by atoms with Crippen molar-refractivity contribution >= 4 is 17.5 Å². The Morgan fingerprint density at radius 3 is 2.67 bits per heavy atom. The molecular formula is C14H19N5O2. The van der Waals surface area contributed by atoms with Crippen molar-refractivity contribution in [2.75, 3.05) is 10.6 Å². The summed E-state index contributed by atoms with van der Waals surface area (Å²) in [4.78, 5) is 20.6. The van der Waals surface area contributed by atoms with E-state index in [1.54, 1.807) is 26.0 Å². The van der Waals surface area contributed by atoms with Crippen molar-refractivity contribution in [1.29, 1.82) is 0 Å². The van der Waals surface area contributed by atoms with Crippen LogP contribution in [0.25, 0.3) is 0 Å². The molecule has 0 aromatic carbocycles. The SMILES string of the molecule is CCC(C)Nc1cc(C(=O)Nc2cc(C)on2)nc(C)n1. The number of nitrogens with one attached hydrogen (secondary N) is 2. The van der Waals surface area contributed by atoms with Crippen molar-refractivity contribution in [3.8, 4) is 0 Å². The molecule has 112 valence electrons. The van der Waals surface area contributed by atoms with Crippen LogP contribution in [0, 0.1) is 13.8 Å². The van der Waals surface area contributed by atoms with Crippen LogP contribution in [0.3, 0.4) is 0 Å². The summed E-state index contributed by atoms with van der Waals surface area (Å²) in [6.45, 7) is 7.63. The van der Waals surface area contributed by atoms with Crippen LogP contribution >= 0.6 is 0 Å². The number of hydrogen-bond acceptors (Lipinski definition) is 6. The van der Waals surface area contributed by atoms with E-state index in [4.69, 9.17) is 4.52 Å². The van der Waals surface area contributed by atoms with E-state index < -0.39 is 0 Å². The minimum absolute atomic E-state index is 0.272. The lowest BCUT2D eigenvalue weighted by Crippen LogP contribution is -2.18. The number of amides is 1. The molecule has 2 rings (SSSR count). The van der Waals surface area contributed by atoms with Crippen LogP contribution in [-0.4, -0.2) is 27.1 Å². The average molecular weight is 289 g/mol. The summed E-state index contributed by atoms with van der Waals surface area (Å²) >= 11 is 0. The van der Waals surface area contributed by atoms with Crippen LogP contribution in [0.15, 0.2) is 16.7 Å². The zero-order valence-electron chi connectivity index (χ0n) is 12.6. The quantitative estimate of drug-likeness (QED) is 0.878. The van der Waals surface area contributed by atoms with Crippen LogP contribution in [0.5, 0.6) is 0 Å². The van der Waals surface area contributed by atoms with Crippen molar-refractivity contribution in [3.05, 3.63) is 29.4 Å². The van der Waals surface area contributed by atoms with Crippen LogP contribution in [0.1, 0.15) is 42.3 Å². The predicted molar refractivity (Wildman–Crippen MR) is 79.3 cm³/mol. The first-order valence-electron chi connectivity index (χ1n) is 6.84. The Hall–Kier alpha value is -2.44.